The smallest absolute Gasteiger partial charge is 0.0963 e. The largest absolute Gasteiger partial charge is 0.396 e. The maximum absolute atomic E-state index is 8.72. The molecule has 1 atom stereocenters. The van der Waals surface area contributed by atoms with Gasteiger partial charge in [-0.05, 0) is 25.2 Å². The predicted molar refractivity (Wildman–Crippen MR) is 55.0 cm³/mol. The van der Waals surface area contributed by atoms with Gasteiger partial charge in [0.15, 0.2) is 0 Å². The number of amidine groups is 1. The van der Waals surface area contributed by atoms with Crippen LogP contribution in [0.25, 0.3) is 0 Å². The van der Waals surface area contributed by atoms with E-state index in [9.17, 15) is 0 Å². The van der Waals surface area contributed by atoms with Crippen molar-refractivity contribution in [2.45, 2.75) is 32.6 Å². The number of nitrogens with zero attached hydrogens (tertiary/aromatic N) is 1. The van der Waals surface area contributed by atoms with E-state index in [1.165, 1.54) is 12.8 Å². The second-order valence-electron chi connectivity index (χ2n) is 3.78. The lowest BCUT2D eigenvalue weighted by Crippen LogP contribution is -2.30. The van der Waals surface area contributed by atoms with Gasteiger partial charge in [0.2, 0.25) is 0 Å². The highest BCUT2D eigenvalue weighted by Crippen LogP contribution is 2.05. The molecule has 76 valence electrons. The Hall–Kier alpha value is -0.570. The maximum Gasteiger partial charge on any atom is 0.0963 e. The van der Waals surface area contributed by atoms with Crippen LogP contribution >= 0.6 is 0 Å². The molecule has 0 amide bonds. The topological polar surface area (TPSA) is 44.6 Å². The van der Waals surface area contributed by atoms with Crippen LogP contribution in [0.1, 0.15) is 32.6 Å². The Morgan fingerprint density at radius 1 is 1.54 bits per heavy atom. The van der Waals surface area contributed by atoms with Crippen molar-refractivity contribution in [2.75, 3.05) is 19.7 Å². The Kier molecular flexibility index (Phi) is 4.83. The zero-order chi connectivity index (χ0) is 9.52. The first-order valence-corrected chi connectivity index (χ1v) is 5.21. The molecule has 13 heavy (non-hydrogen) atoms. The van der Waals surface area contributed by atoms with Crippen molar-refractivity contribution in [2.24, 2.45) is 10.9 Å². The maximum atomic E-state index is 8.72. The molecule has 0 aliphatic carbocycles. The minimum atomic E-state index is 0.287. The summed E-state index contributed by atoms with van der Waals surface area (Å²) >= 11 is 0. The normalized spacial score (nSPS) is 19.4. The number of hydrogen-bond donors (Lipinski definition) is 2. The molecule has 1 rings (SSSR count). The molecule has 0 aromatic carbocycles. The van der Waals surface area contributed by atoms with E-state index >= 15 is 0 Å². The van der Waals surface area contributed by atoms with E-state index in [1.54, 1.807) is 0 Å². The van der Waals surface area contributed by atoms with Gasteiger partial charge in [0.25, 0.3) is 0 Å². The van der Waals surface area contributed by atoms with Crippen LogP contribution in [0, 0.1) is 5.92 Å². The quantitative estimate of drug-likeness (QED) is 0.689. The summed E-state index contributed by atoms with van der Waals surface area (Å²) in [4.78, 5) is 4.40. The average Bonchev–Trinajstić information content (AvgIpc) is 2.17. The van der Waals surface area contributed by atoms with Crippen LogP contribution in [0.4, 0.5) is 0 Å². The molecule has 0 radical (unpaired) electrons. The molecular formula is C10H20N2O. The summed E-state index contributed by atoms with van der Waals surface area (Å²) in [6.07, 6.45) is 4.48. The monoisotopic (exact) mass is 184 g/mol. The molecule has 1 heterocycles. The van der Waals surface area contributed by atoms with Gasteiger partial charge in [-0.1, -0.05) is 6.92 Å². The number of aliphatic imine (C=N–C) groups is 1. The minimum absolute atomic E-state index is 0.287. The van der Waals surface area contributed by atoms with E-state index < -0.39 is 0 Å². The van der Waals surface area contributed by atoms with Crippen LogP contribution in [0.15, 0.2) is 4.99 Å². The fourth-order valence-electron chi connectivity index (χ4n) is 1.46. The number of aliphatic hydroxyl groups is 1. The molecule has 1 aliphatic rings. The summed E-state index contributed by atoms with van der Waals surface area (Å²) < 4.78 is 0. The Bertz CT molecular complexity index is 168. The Labute approximate surface area is 80.3 Å². The van der Waals surface area contributed by atoms with E-state index in [4.69, 9.17) is 5.11 Å². The molecule has 0 aromatic rings. The highest BCUT2D eigenvalue weighted by atomic mass is 16.3. The number of rotatable bonds is 4. The Morgan fingerprint density at radius 3 is 3.00 bits per heavy atom. The van der Waals surface area contributed by atoms with Crippen molar-refractivity contribution < 1.29 is 5.11 Å². The van der Waals surface area contributed by atoms with E-state index in [0.717, 1.165) is 31.8 Å². The third kappa shape index (κ3) is 4.27. The van der Waals surface area contributed by atoms with Crippen molar-refractivity contribution in [1.82, 2.24) is 5.32 Å². The lowest BCUT2D eigenvalue weighted by molar-refractivity contribution is 0.262. The SMILES string of the molecule is CC(CCO)CNC1=NCCCC1. The van der Waals surface area contributed by atoms with Crippen molar-refractivity contribution >= 4 is 5.84 Å². The minimum Gasteiger partial charge on any atom is -0.396 e. The van der Waals surface area contributed by atoms with E-state index in [0.29, 0.717) is 5.92 Å². The molecule has 3 heteroatoms. The number of hydrogen-bond acceptors (Lipinski definition) is 3. The van der Waals surface area contributed by atoms with Gasteiger partial charge in [-0.25, -0.2) is 0 Å². The lowest BCUT2D eigenvalue weighted by Gasteiger charge is -2.16. The van der Waals surface area contributed by atoms with Gasteiger partial charge in [-0.3, -0.25) is 4.99 Å². The first-order chi connectivity index (χ1) is 6.33. The van der Waals surface area contributed by atoms with Gasteiger partial charge in [-0.2, -0.15) is 0 Å². The van der Waals surface area contributed by atoms with Crippen LogP contribution in [0.5, 0.6) is 0 Å². The molecule has 0 aromatic heterocycles. The van der Waals surface area contributed by atoms with Gasteiger partial charge >= 0.3 is 0 Å². The summed E-state index contributed by atoms with van der Waals surface area (Å²) in [5.74, 6) is 1.70. The molecule has 0 fully saturated rings. The van der Waals surface area contributed by atoms with Crippen LogP contribution in [0.3, 0.4) is 0 Å². The highest BCUT2D eigenvalue weighted by molar-refractivity contribution is 5.82. The number of nitrogens with one attached hydrogen (secondary N) is 1. The number of aliphatic hydroxyl groups excluding tert-OH is 1. The van der Waals surface area contributed by atoms with Gasteiger partial charge in [-0.15, -0.1) is 0 Å². The molecule has 3 nitrogen and oxygen atoms in total. The molecule has 0 spiro atoms. The van der Waals surface area contributed by atoms with Crippen LogP contribution < -0.4 is 5.32 Å². The first kappa shape index (κ1) is 10.5. The Morgan fingerprint density at radius 2 is 2.38 bits per heavy atom. The van der Waals surface area contributed by atoms with Crippen LogP contribution in [-0.4, -0.2) is 30.6 Å². The molecule has 0 saturated heterocycles. The molecule has 1 unspecified atom stereocenters. The zero-order valence-corrected chi connectivity index (χ0v) is 8.42. The van der Waals surface area contributed by atoms with Crippen LogP contribution in [0.2, 0.25) is 0 Å². The lowest BCUT2D eigenvalue weighted by atomic mass is 10.1. The summed E-state index contributed by atoms with van der Waals surface area (Å²) in [5, 5.41) is 12.1. The summed E-state index contributed by atoms with van der Waals surface area (Å²) in [5.41, 5.74) is 0. The first-order valence-electron chi connectivity index (χ1n) is 5.21. The fourth-order valence-corrected chi connectivity index (χ4v) is 1.46. The molecule has 1 aliphatic heterocycles. The van der Waals surface area contributed by atoms with E-state index in [1.807, 2.05) is 0 Å². The van der Waals surface area contributed by atoms with Crippen molar-refractivity contribution in [3.05, 3.63) is 0 Å². The van der Waals surface area contributed by atoms with Gasteiger partial charge in [0, 0.05) is 26.1 Å². The summed E-state index contributed by atoms with van der Waals surface area (Å²) in [7, 11) is 0. The van der Waals surface area contributed by atoms with Crippen molar-refractivity contribution in [1.29, 1.82) is 0 Å². The molecular weight excluding hydrogens is 164 g/mol. The highest BCUT2D eigenvalue weighted by Gasteiger charge is 2.06. The molecule has 0 saturated carbocycles. The molecule has 0 bridgehead atoms. The average molecular weight is 184 g/mol. The van der Waals surface area contributed by atoms with Gasteiger partial charge in [0.1, 0.15) is 0 Å². The summed E-state index contributed by atoms with van der Waals surface area (Å²) in [6.45, 7) is 4.36. The van der Waals surface area contributed by atoms with E-state index in [-0.39, 0.29) is 6.61 Å². The van der Waals surface area contributed by atoms with Crippen molar-refractivity contribution in [3.63, 3.8) is 0 Å². The fraction of sp³-hybridized carbons (Fsp3) is 0.900. The third-order valence-electron chi connectivity index (χ3n) is 2.40. The third-order valence-corrected chi connectivity index (χ3v) is 2.40. The van der Waals surface area contributed by atoms with Gasteiger partial charge in [0.05, 0.1) is 5.84 Å². The second-order valence-corrected chi connectivity index (χ2v) is 3.78. The van der Waals surface area contributed by atoms with Gasteiger partial charge < -0.3 is 10.4 Å². The molecule has 2 N–H and O–H groups in total. The predicted octanol–water partition coefficient (Wildman–Crippen LogP) is 1.18. The standard InChI is InChI=1S/C10H20N2O/c1-9(5-7-13)8-12-10-4-2-3-6-11-10/h9,13H,2-8H2,1H3,(H,11,12). The zero-order valence-electron chi connectivity index (χ0n) is 8.42. The Balaban J connectivity index is 2.13. The second kappa shape index (κ2) is 5.97. The van der Waals surface area contributed by atoms with E-state index in [2.05, 4.69) is 17.2 Å². The summed E-state index contributed by atoms with van der Waals surface area (Å²) in [6, 6.07) is 0. The van der Waals surface area contributed by atoms with Crippen molar-refractivity contribution in [3.8, 4) is 0 Å². The van der Waals surface area contributed by atoms with Crippen LogP contribution in [-0.2, 0) is 0 Å².